The van der Waals surface area contributed by atoms with Crippen molar-refractivity contribution >= 4 is 23.3 Å². The average molecular weight is 246 g/mol. The fraction of sp³-hybridized carbons (Fsp3) is 0.308. The van der Waals surface area contributed by atoms with E-state index in [1.165, 1.54) is 17.1 Å². The Labute approximate surface area is 105 Å². The highest BCUT2D eigenvalue weighted by molar-refractivity contribution is 6.13. The first-order chi connectivity index (χ1) is 8.49. The SMILES string of the molecule is CC(C)C1=NN(c2ccc(C(=O)O)cc2)C(=O)C1. The lowest BCUT2D eigenvalue weighted by atomic mass is 10.1. The zero-order chi connectivity index (χ0) is 13.3. The van der Waals surface area contributed by atoms with Crippen LogP contribution in [0.4, 0.5) is 5.69 Å². The fourth-order valence-corrected chi connectivity index (χ4v) is 1.72. The molecule has 0 bridgehead atoms. The molecule has 1 heterocycles. The number of amides is 1. The number of hydrogen-bond donors (Lipinski definition) is 1. The minimum atomic E-state index is -0.985. The van der Waals surface area contributed by atoms with Gasteiger partial charge in [-0.05, 0) is 30.2 Å². The molecular weight excluding hydrogens is 232 g/mol. The highest BCUT2D eigenvalue weighted by Gasteiger charge is 2.26. The van der Waals surface area contributed by atoms with E-state index in [0.29, 0.717) is 12.1 Å². The molecule has 0 aromatic heterocycles. The average Bonchev–Trinajstić information content (AvgIpc) is 2.71. The summed E-state index contributed by atoms with van der Waals surface area (Å²) in [4.78, 5) is 22.5. The molecule has 1 aliphatic heterocycles. The topological polar surface area (TPSA) is 70.0 Å². The number of hydrazone groups is 1. The van der Waals surface area contributed by atoms with Crippen molar-refractivity contribution in [2.45, 2.75) is 20.3 Å². The number of hydrogen-bond acceptors (Lipinski definition) is 3. The van der Waals surface area contributed by atoms with Gasteiger partial charge < -0.3 is 5.11 Å². The summed E-state index contributed by atoms with van der Waals surface area (Å²) in [7, 11) is 0. The molecule has 0 fully saturated rings. The maximum Gasteiger partial charge on any atom is 0.335 e. The molecule has 5 heteroatoms. The van der Waals surface area contributed by atoms with Crippen molar-refractivity contribution < 1.29 is 14.7 Å². The normalized spacial score (nSPS) is 15.2. The van der Waals surface area contributed by atoms with E-state index in [2.05, 4.69) is 5.10 Å². The van der Waals surface area contributed by atoms with Gasteiger partial charge in [0.05, 0.1) is 23.4 Å². The molecular formula is C13H14N2O3. The summed E-state index contributed by atoms with van der Waals surface area (Å²) in [6, 6.07) is 6.11. The molecule has 0 spiro atoms. The molecule has 1 aromatic carbocycles. The smallest absolute Gasteiger partial charge is 0.335 e. The van der Waals surface area contributed by atoms with Crippen LogP contribution in [0, 0.1) is 5.92 Å². The first kappa shape index (κ1) is 12.3. The molecule has 0 atom stereocenters. The Kier molecular flexibility index (Phi) is 3.14. The quantitative estimate of drug-likeness (QED) is 0.888. The minimum Gasteiger partial charge on any atom is -0.478 e. The van der Waals surface area contributed by atoms with Crippen LogP contribution in [0.5, 0.6) is 0 Å². The molecule has 0 saturated carbocycles. The Morgan fingerprint density at radius 1 is 1.33 bits per heavy atom. The van der Waals surface area contributed by atoms with Gasteiger partial charge in [-0.2, -0.15) is 5.10 Å². The Bertz CT molecular complexity index is 518. The number of benzene rings is 1. The van der Waals surface area contributed by atoms with Crippen LogP contribution in [0.15, 0.2) is 29.4 Å². The molecule has 0 unspecified atom stereocenters. The van der Waals surface area contributed by atoms with E-state index >= 15 is 0 Å². The van der Waals surface area contributed by atoms with E-state index in [1.807, 2.05) is 13.8 Å². The van der Waals surface area contributed by atoms with Gasteiger partial charge in [0.1, 0.15) is 0 Å². The molecule has 94 valence electrons. The number of rotatable bonds is 3. The van der Waals surface area contributed by atoms with Gasteiger partial charge in [-0.15, -0.1) is 0 Å². The summed E-state index contributed by atoms with van der Waals surface area (Å²) in [5.41, 5.74) is 1.64. The second kappa shape index (κ2) is 4.60. The number of nitrogens with zero attached hydrogens (tertiary/aromatic N) is 2. The Hall–Kier alpha value is -2.17. The summed E-state index contributed by atoms with van der Waals surface area (Å²) in [5.74, 6) is -0.834. The van der Waals surface area contributed by atoms with Crippen molar-refractivity contribution in [3.05, 3.63) is 29.8 Å². The van der Waals surface area contributed by atoms with Gasteiger partial charge in [0.25, 0.3) is 5.91 Å². The van der Waals surface area contributed by atoms with Crippen molar-refractivity contribution in [2.24, 2.45) is 11.0 Å². The summed E-state index contributed by atoms with van der Waals surface area (Å²) in [6.45, 7) is 3.98. The lowest BCUT2D eigenvalue weighted by Gasteiger charge is -2.11. The molecule has 1 amide bonds. The number of aromatic carboxylic acids is 1. The predicted octanol–water partition coefficient (Wildman–Crippen LogP) is 2.13. The van der Waals surface area contributed by atoms with Gasteiger partial charge >= 0.3 is 5.97 Å². The van der Waals surface area contributed by atoms with Gasteiger partial charge in [-0.1, -0.05) is 13.8 Å². The van der Waals surface area contributed by atoms with Gasteiger partial charge in [0.2, 0.25) is 0 Å². The van der Waals surface area contributed by atoms with E-state index in [-0.39, 0.29) is 17.4 Å². The highest BCUT2D eigenvalue weighted by atomic mass is 16.4. The second-order valence-corrected chi connectivity index (χ2v) is 4.48. The molecule has 18 heavy (non-hydrogen) atoms. The third-order valence-corrected chi connectivity index (χ3v) is 2.82. The van der Waals surface area contributed by atoms with Gasteiger partial charge in [-0.3, -0.25) is 4.79 Å². The molecule has 1 aliphatic rings. The third-order valence-electron chi connectivity index (χ3n) is 2.82. The second-order valence-electron chi connectivity index (χ2n) is 4.48. The molecule has 0 radical (unpaired) electrons. The van der Waals surface area contributed by atoms with Gasteiger partial charge in [0, 0.05) is 0 Å². The van der Waals surface area contributed by atoms with Crippen molar-refractivity contribution in [3.8, 4) is 0 Å². The van der Waals surface area contributed by atoms with Crippen LogP contribution in [0.1, 0.15) is 30.6 Å². The maximum absolute atomic E-state index is 11.8. The predicted molar refractivity (Wildman–Crippen MR) is 67.8 cm³/mol. The standard InChI is InChI=1S/C13H14N2O3/c1-8(2)11-7-12(16)15(14-11)10-5-3-9(4-6-10)13(17)18/h3-6,8H,7H2,1-2H3,(H,17,18). The van der Waals surface area contributed by atoms with Crippen molar-refractivity contribution in [1.82, 2.24) is 0 Å². The van der Waals surface area contributed by atoms with Crippen LogP contribution in [-0.2, 0) is 4.79 Å². The summed E-state index contributed by atoms with van der Waals surface area (Å²) < 4.78 is 0. The summed E-state index contributed by atoms with van der Waals surface area (Å²) in [5, 5.41) is 14.4. The van der Waals surface area contributed by atoms with Crippen LogP contribution in [0.25, 0.3) is 0 Å². The molecule has 1 N–H and O–H groups in total. The zero-order valence-electron chi connectivity index (χ0n) is 10.3. The lowest BCUT2D eigenvalue weighted by Crippen LogP contribution is -2.19. The largest absolute Gasteiger partial charge is 0.478 e. The van der Waals surface area contributed by atoms with Crippen LogP contribution in [0.2, 0.25) is 0 Å². The Morgan fingerprint density at radius 2 is 1.94 bits per heavy atom. The first-order valence-corrected chi connectivity index (χ1v) is 5.72. The maximum atomic E-state index is 11.8. The van der Waals surface area contributed by atoms with Crippen molar-refractivity contribution in [2.75, 3.05) is 5.01 Å². The van der Waals surface area contributed by atoms with E-state index in [4.69, 9.17) is 5.11 Å². The Morgan fingerprint density at radius 3 is 2.39 bits per heavy atom. The zero-order valence-corrected chi connectivity index (χ0v) is 10.3. The minimum absolute atomic E-state index is 0.0817. The summed E-state index contributed by atoms with van der Waals surface area (Å²) in [6.07, 6.45) is 0.332. The van der Waals surface area contributed by atoms with E-state index < -0.39 is 5.97 Å². The van der Waals surface area contributed by atoms with Gasteiger partial charge in [0.15, 0.2) is 0 Å². The molecule has 5 nitrogen and oxygen atoms in total. The van der Waals surface area contributed by atoms with Crippen LogP contribution in [-0.4, -0.2) is 22.7 Å². The molecule has 2 rings (SSSR count). The fourth-order valence-electron chi connectivity index (χ4n) is 1.72. The number of anilines is 1. The number of carbonyl (C=O) groups is 2. The number of carboxylic acid groups (broad SMARTS) is 1. The third kappa shape index (κ3) is 2.25. The lowest BCUT2D eigenvalue weighted by molar-refractivity contribution is -0.116. The van der Waals surface area contributed by atoms with Crippen molar-refractivity contribution in [1.29, 1.82) is 0 Å². The van der Waals surface area contributed by atoms with E-state index in [9.17, 15) is 9.59 Å². The molecule has 1 aromatic rings. The van der Waals surface area contributed by atoms with Crippen LogP contribution >= 0.6 is 0 Å². The Balaban J connectivity index is 2.26. The van der Waals surface area contributed by atoms with Crippen LogP contribution in [0.3, 0.4) is 0 Å². The monoisotopic (exact) mass is 246 g/mol. The number of carboxylic acids is 1. The number of carbonyl (C=O) groups excluding carboxylic acids is 1. The van der Waals surface area contributed by atoms with E-state index in [1.54, 1.807) is 12.1 Å². The first-order valence-electron chi connectivity index (χ1n) is 5.72. The molecule has 0 saturated heterocycles. The van der Waals surface area contributed by atoms with Gasteiger partial charge in [-0.25, -0.2) is 9.80 Å². The van der Waals surface area contributed by atoms with Crippen molar-refractivity contribution in [3.63, 3.8) is 0 Å². The van der Waals surface area contributed by atoms with Crippen LogP contribution < -0.4 is 5.01 Å². The molecule has 0 aliphatic carbocycles. The van der Waals surface area contributed by atoms with E-state index in [0.717, 1.165) is 5.71 Å². The summed E-state index contributed by atoms with van der Waals surface area (Å²) >= 11 is 0. The highest BCUT2D eigenvalue weighted by Crippen LogP contribution is 2.23.